The van der Waals surface area contributed by atoms with Crippen molar-refractivity contribution in [1.29, 1.82) is 0 Å². The van der Waals surface area contributed by atoms with Crippen molar-refractivity contribution in [3.63, 3.8) is 0 Å². The fraction of sp³-hybridized carbons (Fsp3) is 0.393. The summed E-state index contributed by atoms with van der Waals surface area (Å²) >= 11 is 0. The molecule has 0 radical (unpaired) electrons. The van der Waals surface area contributed by atoms with Gasteiger partial charge in [-0.2, -0.15) is 0 Å². The maximum Gasteiger partial charge on any atom is 0.407 e. The van der Waals surface area contributed by atoms with Crippen molar-refractivity contribution in [2.75, 3.05) is 19.8 Å². The van der Waals surface area contributed by atoms with Gasteiger partial charge >= 0.3 is 18.2 Å². The van der Waals surface area contributed by atoms with Gasteiger partial charge in [0, 0.05) is 12.5 Å². The monoisotopic (exact) mass is 494 g/mol. The van der Waals surface area contributed by atoms with E-state index in [1.54, 1.807) is 20.8 Å². The van der Waals surface area contributed by atoms with Crippen LogP contribution in [0.2, 0.25) is 0 Å². The highest BCUT2D eigenvalue weighted by atomic mass is 16.6. The van der Waals surface area contributed by atoms with Gasteiger partial charge in [-0.25, -0.2) is 14.4 Å². The van der Waals surface area contributed by atoms with Crippen LogP contribution >= 0.6 is 0 Å². The Morgan fingerprint density at radius 1 is 0.972 bits per heavy atom. The van der Waals surface area contributed by atoms with E-state index in [-0.39, 0.29) is 32.1 Å². The SMILES string of the molecule is C=CCOC(=O)C(CCCNC(=O)OC(C)(C)C)NC(=O)OCC1c2ccccc2-c2ccccc21. The second-order valence-electron chi connectivity index (χ2n) is 9.51. The highest BCUT2D eigenvalue weighted by Crippen LogP contribution is 2.44. The molecule has 0 aromatic heterocycles. The van der Waals surface area contributed by atoms with E-state index in [1.807, 2.05) is 36.4 Å². The molecule has 36 heavy (non-hydrogen) atoms. The van der Waals surface area contributed by atoms with Gasteiger partial charge < -0.3 is 24.8 Å². The zero-order valence-corrected chi connectivity index (χ0v) is 21.0. The first kappa shape index (κ1) is 26.8. The third-order valence-electron chi connectivity index (χ3n) is 5.60. The minimum atomic E-state index is -0.930. The van der Waals surface area contributed by atoms with E-state index >= 15 is 0 Å². The van der Waals surface area contributed by atoms with E-state index in [9.17, 15) is 14.4 Å². The number of rotatable bonds is 10. The summed E-state index contributed by atoms with van der Waals surface area (Å²) in [4.78, 5) is 37.0. The number of carbonyl (C=O) groups is 3. The summed E-state index contributed by atoms with van der Waals surface area (Å²) in [6.45, 7) is 9.29. The van der Waals surface area contributed by atoms with Crippen LogP contribution in [0.1, 0.15) is 50.7 Å². The van der Waals surface area contributed by atoms with Gasteiger partial charge in [0.25, 0.3) is 0 Å². The van der Waals surface area contributed by atoms with Crippen molar-refractivity contribution < 1.29 is 28.6 Å². The van der Waals surface area contributed by atoms with Crippen molar-refractivity contribution in [2.45, 2.75) is 51.2 Å². The number of alkyl carbamates (subject to hydrolysis) is 2. The number of hydrogen-bond acceptors (Lipinski definition) is 6. The number of carbonyl (C=O) groups excluding carboxylic acids is 3. The molecule has 2 amide bonds. The van der Waals surface area contributed by atoms with Crippen LogP contribution in [0.3, 0.4) is 0 Å². The predicted octanol–water partition coefficient (Wildman–Crippen LogP) is 4.93. The van der Waals surface area contributed by atoms with E-state index in [0.29, 0.717) is 6.42 Å². The summed E-state index contributed by atoms with van der Waals surface area (Å²) in [5.74, 6) is -0.687. The molecule has 1 unspecified atom stereocenters. The number of ether oxygens (including phenoxy) is 3. The molecule has 0 bridgehead atoms. The van der Waals surface area contributed by atoms with Crippen molar-refractivity contribution in [2.24, 2.45) is 0 Å². The van der Waals surface area contributed by atoms with Gasteiger partial charge in [-0.1, -0.05) is 61.2 Å². The van der Waals surface area contributed by atoms with Crippen LogP contribution in [0.15, 0.2) is 61.2 Å². The standard InChI is InChI=1S/C28H34N2O6/c1-5-17-34-25(31)24(15-10-16-29-26(32)36-28(2,3)4)30-27(33)35-18-23-21-13-8-6-11-19(21)20-12-7-9-14-22(20)23/h5-9,11-14,23-24H,1,10,15-18H2,2-4H3,(H,29,32)(H,30,33). The molecular weight excluding hydrogens is 460 g/mol. The first-order valence-corrected chi connectivity index (χ1v) is 12.1. The van der Waals surface area contributed by atoms with Crippen LogP contribution < -0.4 is 10.6 Å². The average molecular weight is 495 g/mol. The molecule has 2 N–H and O–H groups in total. The van der Waals surface area contributed by atoms with E-state index in [1.165, 1.54) is 6.08 Å². The summed E-state index contributed by atoms with van der Waals surface area (Å²) in [5.41, 5.74) is 3.85. The highest BCUT2D eigenvalue weighted by molar-refractivity contribution is 5.82. The zero-order valence-electron chi connectivity index (χ0n) is 21.0. The molecule has 8 heteroatoms. The number of hydrogen-bond donors (Lipinski definition) is 2. The molecule has 0 spiro atoms. The second-order valence-corrected chi connectivity index (χ2v) is 9.51. The number of fused-ring (bicyclic) bond motifs is 3. The molecule has 2 aromatic rings. The topological polar surface area (TPSA) is 103 Å². The third kappa shape index (κ3) is 7.34. The van der Waals surface area contributed by atoms with Crippen molar-refractivity contribution in [1.82, 2.24) is 10.6 Å². The minimum Gasteiger partial charge on any atom is -0.460 e. The van der Waals surface area contributed by atoms with Crippen LogP contribution in [0.4, 0.5) is 9.59 Å². The van der Waals surface area contributed by atoms with E-state index in [4.69, 9.17) is 14.2 Å². The summed E-state index contributed by atoms with van der Waals surface area (Å²) < 4.78 is 15.9. The van der Waals surface area contributed by atoms with Gasteiger partial charge in [0.15, 0.2) is 0 Å². The quantitative estimate of drug-likeness (QED) is 0.210. The molecule has 0 saturated heterocycles. The fourth-order valence-electron chi connectivity index (χ4n) is 4.08. The Morgan fingerprint density at radius 2 is 1.58 bits per heavy atom. The Balaban J connectivity index is 1.56. The normalized spacial score (nSPS) is 13.1. The first-order chi connectivity index (χ1) is 17.2. The largest absolute Gasteiger partial charge is 0.460 e. The molecule has 0 fully saturated rings. The van der Waals surface area contributed by atoms with Crippen LogP contribution in [-0.4, -0.2) is 49.6 Å². The Morgan fingerprint density at radius 3 is 2.17 bits per heavy atom. The fourth-order valence-corrected chi connectivity index (χ4v) is 4.08. The Labute approximate surface area is 212 Å². The molecule has 1 aliphatic rings. The minimum absolute atomic E-state index is 0.0257. The number of nitrogens with one attached hydrogen (secondary N) is 2. The molecule has 0 aliphatic heterocycles. The summed E-state index contributed by atoms with van der Waals surface area (Å²) in [6.07, 6.45) is 0.856. The van der Waals surface area contributed by atoms with Crippen LogP contribution in [0.5, 0.6) is 0 Å². The van der Waals surface area contributed by atoms with Gasteiger partial charge in [0.05, 0.1) is 0 Å². The lowest BCUT2D eigenvalue weighted by atomic mass is 9.98. The molecule has 2 aromatic carbocycles. The van der Waals surface area contributed by atoms with Crippen LogP contribution in [0.25, 0.3) is 11.1 Å². The summed E-state index contributed by atoms with van der Waals surface area (Å²) in [7, 11) is 0. The maximum absolute atomic E-state index is 12.7. The summed E-state index contributed by atoms with van der Waals surface area (Å²) in [6, 6.07) is 15.2. The lowest BCUT2D eigenvalue weighted by Gasteiger charge is -2.20. The van der Waals surface area contributed by atoms with Crippen LogP contribution in [0, 0.1) is 0 Å². The van der Waals surface area contributed by atoms with E-state index in [0.717, 1.165) is 22.3 Å². The molecule has 1 aliphatic carbocycles. The van der Waals surface area contributed by atoms with E-state index in [2.05, 4.69) is 29.3 Å². The van der Waals surface area contributed by atoms with Gasteiger partial charge in [0.1, 0.15) is 24.9 Å². The number of benzene rings is 2. The summed E-state index contributed by atoms with van der Waals surface area (Å²) in [5, 5.41) is 5.25. The van der Waals surface area contributed by atoms with E-state index < -0.39 is 29.8 Å². The lowest BCUT2D eigenvalue weighted by Crippen LogP contribution is -2.43. The molecule has 3 rings (SSSR count). The molecule has 1 atom stereocenters. The van der Waals surface area contributed by atoms with Crippen molar-refractivity contribution in [3.05, 3.63) is 72.3 Å². The molecule has 8 nitrogen and oxygen atoms in total. The predicted molar refractivity (Wildman–Crippen MR) is 137 cm³/mol. The Kier molecular flexibility index (Phi) is 9.11. The molecule has 0 heterocycles. The second kappa shape index (κ2) is 12.2. The average Bonchev–Trinajstić information content (AvgIpc) is 3.15. The van der Waals surface area contributed by atoms with Gasteiger partial charge in [-0.3, -0.25) is 0 Å². The van der Waals surface area contributed by atoms with Crippen molar-refractivity contribution >= 4 is 18.2 Å². The molecule has 192 valence electrons. The van der Waals surface area contributed by atoms with Gasteiger partial charge in [-0.15, -0.1) is 0 Å². The first-order valence-electron chi connectivity index (χ1n) is 12.1. The molecular formula is C28H34N2O6. The number of amides is 2. The molecule has 0 saturated carbocycles. The number of esters is 1. The Hall–Kier alpha value is -3.81. The van der Waals surface area contributed by atoms with Crippen molar-refractivity contribution in [3.8, 4) is 11.1 Å². The highest BCUT2D eigenvalue weighted by Gasteiger charge is 2.30. The smallest absolute Gasteiger partial charge is 0.407 e. The third-order valence-corrected chi connectivity index (χ3v) is 5.60. The lowest BCUT2D eigenvalue weighted by molar-refractivity contribution is -0.145. The van der Waals surface area contributed by atoms with Gasteiger partial charge in [-0.05, 0) is 55.9 Å². The maximum atomic E-state index is 12.7. The zero-order chi connectivity index (χ0) is 26.1. The Bertz CT molecular complexity index is 1050. The van der Waals surface area contributed by atoms with Gasteiger partial charge in [0.2, 0.25) is 0 Å². The van der Waals surface area contributed by atoms with Crippen LogP contribution in [-0.2, 0) is 19.0 Å².